The van der Waals surface area contributed by atoms with Crippen molar-refractivity contribution in [2.75, 3.05) is 24.8 Å². The van der Waals surface area contributed by atoms with E-state index in [9.17, 15) is 4.91 Å². The summed E-state index contributed by atoms with van der Waals surface area (Å²) < 4.78 is 10.1. The molecule has 0 saturated heterocycles. The highest BCUT2D eigenvalue weighted by Crippen LogP contribution is 2.36. The van der Waals surface area contributed by atoms with Crippen molar-refractivity contribution in [1.29, 1.82) is 0 Å². The zero-order chi connectivity index (χ0) is 16.7. The average Bonchev–Trinajstić information content (AvgIpc) is 2.56. The monoisotopic (exact) mass is 316 g/mol. The molecule has 1 heterocycles. The predicted octanol–water partition coefficient (Wildman–Crippen LogP) is 2.91. The second-order valence-electron chi connectivity index (χ2n) is 4.21. The van der Waals surface area contributed by atoms with Crippen molar-refractivity contribution in [3.63, 3.8) is 0 Å². The van der Waals surface area contributed by atoms with Crippen molar-refractivity contribution in [2.45, 2.75) is 6.92 Å². The summed E-state index contributed by atoms with van der Waals surface area (Å²) in [5.74, 6) is 0.0701. The molecule has 0 unspecified atom stereocenters. The van der Waals surface area contributed by atoms with Gasteiger partial charge in [0.25, 0.3) is 5.88 Å². The van der Waals surface area contributed by atoms with Gasteiger partial charge in [0, 0.05) is 0 Å². The maximum atomic E-state index is 11.1. The Labute approximate surface area is 132 Å². The number of methoxy groups -OCH3 is 1. The minimum absolute atomic E-state index is 0.00898. The molecule has 0 spiro atoms. The van der Waals surface area contributed by atoms with Crippen LogP contribution in [0.25, 0.3) is 0 Å². The van der Waals surface area contributed by atoms with Crippen molar-refractivity contribution in [2.24, 2.45) is 10.2 Å². The number of benzene rings is 1. The van der Waals surface area contributed by atoms with Gasteiger partial charge < -0.3 is 20.5 Å². The summed E-state index contributed by atoms with van der Waals surface area (Å²) >= 11 is 0. The van der Waals surface area contributed by atoms with Crippen LogP contribution in [0.5, 0.6) is 5.88 Å². The van der Waals surface area contributed by atoms with Gasteiger partial charge in [0.2, 0.25) is 11.6 Å². The van der Waals surface area contributed by atoms with E-state index in [0.717, 1.165) is 0 Å². The fourth-order valence-electron chi connectivity index (χ4n) is 1.75. The van der Waals surface area contributed by atoms with E-state index in [2.05, 4.69) is 25.5 Å². The van der Waals surface area contributed by atoms with Gasteiger partial charge >= 0.3 is 0 Å². The van der Waals surface area contributed by atoms with E-state index in [1.165, 1.54) is 13.5 Å². The third-order valence-electron chi connectivity index (χ3n) is 2.74. The Bertz CT molecular complexity index is 720. The van der Waals surface area contributed by atoms with Gasteiger partial charge in [-0.25, -0.2) is 4.99 Å². The molecule has 0 aliphatic rings. The van der Waals surface area contributed by atoms with E-state index >= 15 is 0 Å². The molecule has 0 amide bonds. The number of para-hydroxylation sites is 2. The fraction of sp³-hybridized carbons (Fsp3) is 0.214. The van der Waals surface area contributed by atoms with Gasteiger partial charge in [0.1, 0.15) is 0 Å². The SMILES string of the molecule is CCOC=Nc1ccccc1Nc1nc(N)nc(OC)c1N=O. The molecule has 120 valence electrons. The van der Waals surface area contributed by atoms with E-state index in [4.69, 9.17) is 15.2 Å². The van der Waals surface area contributed by atoms with E-state index < -0.39 is 0 Å². The van der Waals surface area contributed by atoms with E-state index in [-0.39, 0.29) is 23.3 Å². The molecule has 0 saturated carbocycles. The molecule has 2 aromatic rings. The number of hydrogen-bond donors (Lipinski definition) is 2. The summed E-state index contributed by atoms with van der Waals surface area (Å²) in [4.78, 5) is 23.0. The smallest absolute Gasteiger partial charge is 0.250 e. The Balaban J connectivity index is 2.40. The van der Waals surface area contributed by atoms with Crippen LogP contribution in [0.2, 0.25) is 0 Å². The van der Waals surface area contributed by atoms with Gasteiger partial charge in [0.15, 0.2) is 12.2 Å². The zero-order valence-electron chi connectivity index (χ0n) is 12.7. The molecule has 1 aromatic heterocycles. The third-order valence-corrected chi connectivity index (χ3v) is 2.74. The lowest BCUT2D eigenvalue weighted by atomic mass is 10.2. The van der Waals surface area contributed by atoms with Crippen molar-refractivity contribution in [3.8, 4) is 5.88 Å². The maximum absolute atomic E-state index is 11.1. The number of aliphatic imine (C=N–C) groups is 1. The summed E-state index contributed by atoms with van der Waals surface area (Å²) in [6, 6.07) is 7.15. The first-order chi connectivity index (χ1) is 11.2. The normalized spacial score (nSPS) is 10.5. The number of nitroso groups, excluding NO2 is 1. The van der Waals surface area contributed by atoms with Gasteiger partial charge in [-0.05, 0) is 24.2 Å². The van der Waals surface area contributed by atoms with E-state index in [1.807, 2.05) is 13.0 Å². The highest BCUT2D eigenvalue weighted by molar-refractivity contribution is 5.79. The standard InChI is InChI=1S/C14H16N6O3/c1-3-23-8-16-9-6-4-5-7-10(9)17-12-11(20-21)13(22-2)19-14(15)18-12/h4-8H,3H2,1-2H3,(H3,15,17,18,19). The van der Waals surface area contributed by atoms with E-state index in [1.54, 1.807) is 18.2 Å². The van der Waals surface area contributed by atoms with Gasteiger partial charge in [-0.1, -0.05) is 12.1 Å². The zero-order valence-corrected chi connectivity index (χ0v) is 12.7. The summed E-state index contributed by atoms with van der Waals surface area (Å²) in [6.07, 6.45) is 1.34. The number of nitrogens with zero attached hydrogens (tertiary/aromatic N) is 4. The minimum atomic E-state index is -0.0784. The largest absolute Gasteiger partial charge is 0.483 e. The van der Waals surface area contributed by atoms with Crippen LogP contribution in [0, 0.1) is 4.91 Å². The third kappa shape index (κ3) is 3.90. The second-order valence-corrected chi connectivity index (χ2v) is 4.21. The van der Waals surface area contributed by atoms with Crippen LogP contribution in [-0.4, -0.2) is 30.1 Å². The van der Waals surface area contributed by atoms with Crippen LogP contribution in [-0.2, 0) is 4.74 Å². The number of ether oxygens (including phenoxy) is 2. The summed E-state index contributed by atoms with van der Waals surface area (Å²) in [5.41, 5.74) is 6.72. The number of anilines is 3. The predicted molar refractivity (Wildman–Crippen MR) is 88.0 cm³/mol. The van der Waals surface area contributed by atoms with Crippen LogP contribution in [0.15, 0.2) is 34.4 Å². The highest BCUT2D eigenvalue weighted by Gasteiger charge is 2.16. The fourth-order valence-corrected chi connectivity index (χ4v) is 1.75. The molecule has 0 fully saturated rings. The number of nitrogens with one attached hydrogen (secondary N) is 1. The molecule has 2 rings (SSSR count). The van der Waals surface area contributed by atoms with Gasteiger partial charge in [-0.3, -0.25) is 0 Å². The molecule has 0 bridgehead atoms. The van der Waals surface area contributed by atoms with Crippen molar-refractivity contribution < 1.29 is 9.47 Å². The molecule has 1 aromatic carbocycles. The number of nitrogen functional groups attached to an aromatic ring is 1. The molecule has 0 radical (unpaired) electrons. The number of nitrogens with two attached hydrogens (primary N) is 1. The first-order valence-corrected chi connectivity index (χ1v) is 6.74. The first-order valence-electron chi connectivity index (χ1n) is 6.74. The molecule has 9 nitrogen and oxygen atoms in total. The summed E-state index contributed by atoms with van der Waals surface area (Å²) in [7, 11) is 1.36. The molecule has 0 atom stereocenters. The Kier molecular flexibility index (Phi) is 5.40. The molecule has 23 heavy (non-hydrogen) atoms. The van der Waals surface area contributed by atoms with Crippen LogP contribution in [0.1, 0.15) is 6.92 Å². The van der Waals surface area contributed by atoms with Gasteiger partial charge in [-0.2, -0.15) is 9.97 Å². The minimum Gasteiger partial charge on any atom is -0.483 e. The quantitative estimate of drug-likeness (QED) is 0.457. The Morgan fingerprint density at radius 2 is 2.13 bits per heavy atom. The Morgan fingerprint density at radius 1 is 1.35 bits per heavy atom. The second kappa shape index (κ2) is 7.69. The molecule has 9 heteroatoms. The summed E-state index contributed by atoms with van der Waals surface area (Å²) in [6.45, 7) is 2.37. The van der Waals surface area contributed by atoms with Crippen molar-refractivity contribution in [3.05, 3.63) is 29.2 Å². The van der Waals surface area contributed by atoms with Crippen LogP contribution in [0.4, 0.5) is 28.8 Å². The number of aromatic nitrogens is 2. The molecule has 3 N–H and O–H groups in total. The molecular weight excluding hydrogens is 300 g/mol. The van der Waals surface area contributed by atoms with Crippen LogP contribution < -0.4 is 15.8 Å². The summed E-state index contributed by atoms with van der Waals surface area (Å²) in [5, 5.41) is 5.86. The van der Waals surface area contributed by atoms with E-state index in [0.29, 0.717) is 18.0 Å². The topological polar surface area (TPSA) is 124 Å². The first kappa shape index (κ1) is 16.1. The average molecular weight is 316 g/mol. The van der Waals surface area contributed by atoms with Gasteiger partial charge in [0.05, 0.1) is 25.1 Å². The molecular formula is C14H16N6O3. The van der Waals surface area contributed by atoms with Crippen LogP contribution >= 0.6 is 0 Å². The Hall–Kier alpha value is -3.23. The highest BCUT2D eigenvalue weighted by atomic mass is 16.5. The Morgan fingerprint density at radius 3 is 2.83 bits per heavy atom. The van der Waals surface area contributed by atoms with Gasteiger partial charge in [-0.15, -0.1) is 4.91 Å². The van der Waals surface area contributed by atoms with Crippen molar-refractivity contribution >= 4 is 35.2 Å². The molecule has 0 aliphatic carbocycles. The number of rotatable bonds is 7. The van der Waals surface area contributed by atoms with Crippen molar-refractivity contribution in [1.82, 2.24) is 9.97 Å². The lowest BCUT2D eigenvalue weighted by Crippen LogP contribution is -2.03. The lowest BCUT2D eigenvalue weighted by molar-refractivity contribution is 0.344. The molecule has 0 aliphatic heterocycles. The number of hydrogen-bond acceptors (Lipinski definition) is 9. The lowest BCUT2D eigenvalue weighted by Gasteiger charge is -2.11. The maximum Gasteiger partial charge on any atom is 0.250 e. The van der Waals surface area contributed by atoms with Crippen LogP contribution in [0.3, 0.4) is 0 Å².